The highest BCUT2D eigenvalue weighted by atomic mass is 16.5. The lowest BCUT2D eigenvalue weighted by atomic mass is 9.88. The third kappa shape index (κ3) is 5.41. The van der Waals surface area contributed by atoms with Gasteiger partial charge in [0.15, 0.2) is 0 Å². The minimum absolute atomic E-state index is 0.0208. The van der Waals surface area contributed by atoms with E-state index >= 15 is 0 Å². The van der Waals surface area contributed by atoms with Gasteiger partial charge in [-0.1, -0.05) is 58.3 Å². The van der Waals surface area contributed by atoms with Crippen LogP contribution in [0.2, 0.25) is 0 Å². The molecular formula is C16H34N2O. The first kappa shape index (κ1) is 16.9. The molecule has 3 N–H and O–H groups in total. The molecule has 19 heavy (non-hydrogen) atoms. The van der Waals surface area contributed by atoms with Crippen LogP contribution < -0.4 is 11.3 Å². The molecule has 0 aliphatic heterocycles. The predicted molar refractivity (Wildman–Crippen MR) is 81.9 cm³/mol. The molecule has 0 amide bonds. The highest BCUT2D eigenvalue weighted by molar-refractivity contribution is 4.96. The molecule has 1 atom stereocenters. The molecule has 0 aromatic carbocycles. The van der Waals surface area contributed by atoms with Crippen molar-refractivity contribution in [2.24, 2.45) is 5.84 Å². The predicted octanol–water partition coefficient (Wildman–Crippen LogP) is 3.92. The Bertz CT molecular complexity index is 215. The van der Waals surface area contributed by atoms with Crippen LogP contribution in [-0.4, -0.2) is 18.2 Å². The number of hydrogen-bond acceptors (Lipinski definition) is 3. The third-order valence-electron chi connectivity index (χ3n) is 4.56. The van der Waals surface area contributed by atoms with E-state index in [0.29, 0.717) is 6.04 Å². The summed E-state index contributed by atoms with van der Waals surface area (Å²) in [5, 5.41) is 0. The smallest absolute Gasteiger partial charge is 0.0848 e. The van der Waals surface area contributed by atoms with Crippen molar-refractivity contribution >= 4 is 0 Å². The standard InChI is InChI=1S/C16H34N2O/c1-3-5-6-7-8-9-12-15(18-17)16(19-4-2)13-10-11-14-16/h15,18H,3-14,17H2,1-2H3. The van der Waals surface area contributed by atoms with Gasteiger partial charge in [-0.15, -0.1) is 0 Å². The van der Waals surface area contributed by atoms with Crippen LogP contribution in [-0.2, 0) is 4.74 Å². The third-order valence-corrected chi connectivity index (χ3v) is 4.56. The normalized spacial score (nSPS) is 19.7. The maximum absolute atomic E-state index is 6.10. The maximum atomic E-state index is 6.10. The SMILES string of the molecule is CCCCCCCCC(NN)C1(OCC)CCCC1. The van der Waals surface area contributed by atoms with E-state index in [1.165, 1.54) is 64.2 Å². The number of unbranched alkanes of at least 4 members (excludes halogenated alkanes) is 5. The molecule has 0 spiro atoms. The van der Waals surface area contributed by atoms with Crippen LogP contribution in [0.4, 0.5) is 0 Å². The molecule has 1 unspecified atom stereocenters. The Kier molecular flexibility index (Phi) is 8.67. The largest absolute Gasteiger partial charge is 0.374 e. The summed E-state index contributed by atoms with van der Waals surface area (Å²) in [5.41, 5.74) is 3.07. The van der Waals surface area contributed by atoms with E-state index in [9.17, 15) is 0 Å². The second-order valence-corrected chi connectivity index (χ2v) is 5.98. The summed E-state index contributed by atoms with van der Waals surface area (Å²) in [6, 6.07) is 0.334. The topological polar surface area (TPSA) is 47.3 Å². The Morgan fingerprint density at radius 1 is 1.05 bits per heavy atom. The van der Waals surface area contributed by atoms with Gasteiger partial charge in [0, 0.05) is 6.61 Å². The van der Waals surface area contributed by atoms with Crippen LogP contribution in [0.3, 0.4) is 0 Å². The van der Waals surface area contributed by atoms with Crippen molar-refractivity contribution in [1.29, 1.82) is 0 Å². The van der Waals surface area contributed by atoms with Crippen molar-refractivity contribution in [1.82, 2.24) is 5.43 Å². The van der Waals surface area contributed by atoms with Gasteiger partial charge in [-0.25, -0.2) is 0 Å². The van der Waals surface area contributed by atoms with Crippen molar-refractivity contribution < 1.29 is 4.74 Å². The van der Waals surface area contributed by atoms with E-state index in [1.807, 2.05) is 0 Å². The van der Waals surface area contributed by atoms with Crippen molar-refractivity contribution in [2.45, 2.75) is 96.1 Å². The Labute approximate surface area is 119 Å². The maximum Gasteiger partial charge on any atom is 0.0848 e. The molecule has 0 aromatic rings. The fourth-order valence-corrected chi connectivity index (χ4v) is 3.48. The van der Waals surface area contributed by atoms with Crippen molar-refractivity contribution in [3.63, 3.8) is 0 Å². The summed E-state index contributed by atoms with van der Waals surface area (Å²) in [7, 11) is 0. The summed E-state index contributed by atoms with van der Waals surface area (Å²) in [6.07, 6.45) is 14.1. The Balaban J connectivity index is 2.30. The van der Waals surface area contributed by atoms with Gasteiger partial charge in [0.05, 0.1) is 11.6 Å². The van der Waals surface area contributed by atoms with Crippen molar-refractivity contribution in [3.05, 3.63) is 0 Å². The summed E-state index contributed by atoms with van der Waals surface area (Å²) in [4.78, 5) is 0. The summed E-state index contributed by atoms with van der Waals surface area (Å²) in [6.45, 7) is 5.16. The summed E-state index contributed by atoms with van der Waals surface area (Å²) in [5.74, 6) is 5.80. The quantitative estimate of drug-likeness (QED) is 0.340. The molecular weight excluding hydrogens is 236 g/mol. The van der Waals surface area contributed by atoms with Gasteiger partial charge in [-0.05, 0) is 26.2 Å². The van der Waals surface area contributed by atoms with Crippen LogP contribution in [0.15, 0.2) is 0 Å². The number of hydrazine groups is 1. The molecule has 0 heterocycles. The molecule has 3 nitrogen and oxygen atoms in total. The number of nitrogens with two attached hydrogens (primary N) is 1. The van der Waals surface area contributed by atoms with Gasteiger partial charge in [0.2, 0.25) is 0 Å². The van der Waals surface area contributed by atoms with E-state index in [-0.39, 0.29) is 5.60 Å². The molecule has 1 fully saturated rings. The van der Waals surface area contributed by atoms with Crippen molar-refractivity contribution in [2.75, 3.05) is 6.61 Å². The second-order valence-electron chi connectivity index (χ2n) is 5.98. The number of nitrogens with one attached hydrogen (secondary N) is 1. The summed E-state index contributed by atoms with van der Waals surface area (Å²) >= 11 is 0. The van der Waals surface area contributed by atoms with Crippen LogP contribution in [0.25, 0.3) is 0 Å². The minimum atomic E-state index is 0.0208. The molecule has 0 bridgehead atoms. The fraction of sp³-hybridized carbons (Fsp3) is 1.00. The van der Waals surface area contributed by atoms with E-state index < -0.39 is 0 Å². The summed E-state index contributed by atoms with van der Waals surface area (Å²) < 4.78 is 6.10. The lowest BCUT2D eigenvalue weighted by molar-refractivity contribution is -0.0637. The Morgan fingerprint density at radius 2 is 1.68 bits per heavy atom. The van der Waals surface area contributed by atoms with Gasteiger partial charge < -0.3 is 4.74 Å². The monoisotopic (exact) mass is 270 g/mol. The molecule has 0 radical (unpaired) electrons. The highest BCUT2D eigenvalue weighted by Crippen LogP contribution is 2.37. The van der Waals surface area contributed by atoms with Crippen LogP contribution in [0.5, 0.6) is 0 Å². The molecule has 1 aliphatic carbocycles. The first-order chi connectivity index (χ1) is 9.29. The minimum Gasteiger partial charge on any atom is -0.374 e. The van der Waals surface area contributed by atoms with E-state index in [2.05, 4.69) is 19.3 Å². The van der Waals surface area contributed by atoms with Crippen LogP contribution >= 0.6 is 0 Å². The van der Waals surface area contributed by atoms with Gasteiger partial charge in [0.1, 0.15) is 0 Å². The lowest BCUT2D eigenvalue weighted by Gasteiger charge is -2.37. The zero-order valence-corrected chi connectivity index (χ0v) is 13.0. The second kappa shape index (κ2) is 9.73. The first-order valence-corrected chi connectivity index (χ1v) is 8.39. The van der Waals surface area contributed by atoms with E-state index in [1.54, 1.807) is 0 Å². The zero-order chi connectivity index (χ0) is 14.0. The zero-order valence-electron chi connectivity index (χ0n) is 13.0. The lowest BCUT2D eigenvalue weighted by Crippen LogP contribution is -2.53. The first-order valence-electron chi connectivity index (χ1n) is 8.39. The molecule has 1 rings (SSSR count). The highest BCUT2D eigenvalue weighted by Gasteiger charge is 2.41. The average molecular weight is 270 g/mol. The molecule has 1 aliphatic rings. The van der Waals surface area contributed by atoms with Gasteiger partial charge in [-0.3, -0.25) is 11.3 Å². The van der Waals surface area contributed by atoms with Gasteiger partial charge >= 0.3 is 0 Å². The molecule has 0 aromatic heterocycles. The Morgan fingerprint density at radius 3 is 2.26 bits per heavy atom. The van der Waals surface area contributed by atoms with Crippen molar-refractivity contribution in [3.8, 4) is 0 Å². The number of hydrogen-bond donors (Lipinski definition) is 2. The number of ether oxygens (including phenoxy) is 1. The van der Waals surface area contributed by atoms with E-state index in [4.69, 9.17) is 10.6 Å². The van der Waals surface area contributed by atoms with Gasteiger partial charge in [0.25, 0.3) is 0 Å². The fourth-order valence-electron chi connectivity index (χ4n) is 3.48. The van der Waals surface area contributed by atoms with Crippen LogP contribution in [0.1, 0.15) is 84.5 Å². The molecule has 1 saturated carbocycles. The molecule has 0 saturated heterocycles. The average Bonchev–Trinajstić information content (AvgIpc) is 2.88. The van der Waals surface area contributed by atoms with Gasteiger partial charge in [-0.2, -0.15) is 0 Å². The Hall–Kier alpha value is -0.120. The van der Waals surface area contributed by atoms with Crippen LogP contribution in [0, 0.1) is 0 Å². The number of rotatable bonds is 11. The molecule has 114 valence electrons. The molecule has 3 heteroatoms. The van der Waals surface area contributed by atoms with E-state index in [0.717, 1.165) is 13.0 Å².